The molecule has 0 fully saturated rings. The van der Waals surface area contributed by atoms with Crippen LogP contribution in [0, 0.1) is 5.92 Å². The first-order valence-corrected chi connectivity index (χ1v) is 5.07. The van der Waals surface area contributed by atoms with Gasteiger partial charge in [0.2, 0.25) is 0 Å². The van der Waals surface area contributed by atoms with E-state index in [0.29, 0.717) is 19.0 Å². The predicted octanol–water partition coefficient (Wildman–Crippen LogP) is 1.88. The van der Waals surface area contributed by atoms with E-state index in [-0.39, 0.29) is 5.92 Å². The second kappa shape index (κ2) is 6.89. The molecule has 0 radical (unpaired) electrons. The van der Waals surface area contributed by atoms with Crippen molar-refractivity contribution in [3.8, 4) is 0 Å². The van der Waals surface area contributed by atoms with Gasteiger partial charge in [0, 0.05) is 12.6 Å². The van der Waals surface area contributed by atoms with Crippen LogP contribution in [0.25, 0.3) is 0 Å². The molecule has 0 heterocycles. The number of aliphatic carboxylic acids is 1. The number of carboxylic acids is 1. The minimum atomic E-state index is -0.696. The fourth-order valence-corrected chi connectivity index (χ4v) is 1.28. The lowest BCUT2D eigenvalue weighted by Gasteiger charge is -2.16. The molecule has 0 aliphatic carbocycles. The Morgan fingerprint density at radius 3 is 2.46 bits per heavy atom. The molecule has 0 saturated carbocycles. The first-order chi connectivity index (χ1) is 6.11. The molecule has 0 rings (SSSR count). The fraction of sp³-hybridized carbons (Fsp3) is 0.900. The molecule has 0 aromatic heterocycles. The highest BCUT2D eigenvalue weighted by Gasteiger charge is 2.14. The van der Waals surface area contributed by atoms with Crippen molar-refractivity contribution in [1.29, 1.82) is 0 Å². The summed E-state index contributed by atoms with van der Waals surface area (Å²) in [6.07, 6.45) is 2.94. The molecule has 2 unspecified atom stereocenters. The van der Waals surface area contributed by atoms with Gasteiger partial charge in [-0.05, 0) is 19.8 Å². The maximum Gasteiger partial charge on any atom is 0.307 e. The maximum absolute atomic E-state index is 10.7. The van der Waals surface area contributed by atoms with Crippen molar-refractivity contribution in [2.45, 2.75) is 46.1 Å². The minimum Gasteiger partial charge on any atom is -0.481 e. The molecule has 0 aromatic carbocycles. The highest BCUT2D eigenvalue weighted by Crippen LogP contribution is 2.02. The molecule has 78 valence electrons. The Hall–Kier alpha value is -0.570. The van der Waals surface area contributed by atoms with Gasteiger partial charge in [0.1, 0.15) is 0 Å². The number of nitrogens with one attached hydrogen (secondary N) is 1. The Balaban J connectivity index is 3.65. The van der Waals surface area contributed by atoms with Crippen molar-refractivity contribution < 1.29 is 9.90 Å². The van der Waals surface area contributed by atoms with E-state index in [1.807, 2.05) is 6.92 Å². The number of hydrogen-bond donors (Lipinski definition) is 2. The molecule has 3 nitrogen and oxygen atoms in total. The minimum absolute atomic E-state index is 0.237. The SMILES string of the molecule is CCCC(C)NCC(CC)C(=O)O. The monoisotopic (exact) mass is 187 g/mol. The molecule has 0 aliphatic rings. The number of carbonyl (C=O) groups is 1. The Morgan fingerprint density at radius 2 is 2.08 bits per heavy atom. The van der Waals surface area contributed by atoms with Crippen LogP contribution in [0.2, 0.25) is 0 Å². The molecule has 2 N–H and O–H groups in total. The van der Waals surface area contributed by atoms with Crippen LogP contribution < -0.4 is 5.32 Å². The summed E-state index contributed by atoms with van der Waals surface area (Å²) in [7, 11) is 0. The van der Waals surface area contributed by atoms with Gasteiger partial charge in [-0.3, -0.25) is 4.79 Å². The van der Waals surface area contributed by atoms with Crippen molar-refractivity contribution in [3.05, 3.63) is 0 Å². The van der Waals surface area contributed by atoms with Crippen molar-refractivity contribution in [3.63, 3.8) is 0 Å². The van der Waals surface area contributed by atoms with Crippen LogP contribution in [0.4, 0.5) is 0 Å². The average molecular weight is 187 g/mol. The third-order valence-corrected chi connectivity index (χ3v) is 2.28. The summed E-state index contributed by atoms with van der Waals surface area (Å²) in [4.78, 5) is 10.7. The standard InChI is InChI=1S/C10H21NO2/c1-4-6-8(3)11-7-9(5-2)10(12)13/h8-9,11H,4-7H2,1-3H3,(H,12,13). The molecule has 0 bridgehead atoms. The van der Waals surface area contributed by atoms with Crippen molar-refractivity contribution in [1.82, 2.24) is 5.32 Å². The normalized spacial score (nSPS) is 15.3. The molecule has 0 spiro atoms. The highest BCUT2D eigenvalue weighted by atomic mass is 16.4. The van der Waals surface area contributed by atoms with E-state index < -0.39 is 5.97 Å². The van der Waals surface area contributed by atoms with Crippen LogP contribution in [0.5, 0.6) is 0 Å². The molecule has 0 saturated heterocycles. The third-order valence-electron chi connectivity index (χ3n) is 2.28. The molecular weight excluding hydrogens is 166 g/mol. The van der Waals surface area contributed by atoms with Crippen LogP contribution in [0.1, 0.15) is 40.0 Å². The van der Waals surface area contributed by atoms with Crippen molar-refractivity contribution in [2.75, 3.05) is 6.54 Å². The van der Waals surface area contributed by atoms with Crippen LogP contribution in [0.3, 0.4) is 0 Å². The van der Waals surface area contributed by atoms with Crippen LogP contribution in [-0.2, 0) is 4.79 Å². The van der Waals surface area contributed by atoms with E-state index >= 15 is 0 Å². The van der Waals surface area contributed by atoms with E-state index in [1.165, 1.54) is 0 Å². The zero-order chi connectivity index (χ0) is 10.3. The summed E-state index contributed by atoms with van der Waals surface area (Å²) in [5.41, 5.74) is 0. The van der Waals surface area contributed by atoms with Gasteiger partial charge in [0.25, 0.3) is 0 Å². The van der Waals surface area contributed by atoms with Gasteiger partial charge < -0.3 is 10.4 Å². The van der Waals surface area contributed by atoms with Crippen LogP contribution in [-0.4, -0.2) is 23.7 Å². The lowest BCUT2D eigenvalue weighted by atomic mass is 10.1. The van der Waals surface area contributed by atoms with Gasteiger partial charge in [-0.2, -0.15) is 0 Å². The van der Waals surface area contributed by atoms with Gasteiger partial charge >= 0.3 is 5.97 Å². The summed E-state index contributed by atoms with van der Waals surface area (Å²) >= 11 is 0. The molecule has 3 heteroatoms. The van der Waals surface area contributed by atoms with Crippen LogP contribution >= 0.6 is 0 Å². The number of carboxylic acid groups (broad SMARTS) is 1. The highest BCUT2D eigenvalue weighted by molar-refractivity contribution is 5.70. The fourth-order valence-electron chi connectivity index (χ4n) is 1.28. The van der Waals surface area contributed by atoms with E-state index in [2.05, 4.69) is 19.2 Å². The van der Waals surface area contributed by atoms with E-state index in [9.17, 15) is 4.79 Å². The summed E-state index contributed by atoms with van der Waals surface area (Å²) in [5, 5.41) is 12.0. The van der Waals surface area contributed by atoms with Gasteiger partial charge in [-0.1, -0.05) is 20.3 Å². The van der Waals surface area contributed by atoms with E-state index in [0.717, 1.165) is 12.8 Å². The van der Waals surface area contributed by atoms with E-state index in [4.69, 9.17) is 5.11 Å². The summed E-state index contributed by atoms with van der Waals surface area (Å²) in [5.74, 6) is -0.932. The molecule has 0 aliphatic heterocycles. The molecular formula is C10H21NO2. The van der Waals surface area contributed by atoms with Gasteiger partial charge in [-0.25, -0.2) is 0 Å². The maximum atomic E-state index is 10.7. The van der Waals surface area contributed by atoms with Crippen LogP contribution in [0.15, 0.2) is 0 Å². The Kier molecular flexibility index (Phi) is 6.59. The molecule has 2 atom stereocenters. The van der Waals surface area contributed by atoms with Crippen molar-refractivity contribution >= 4 is 5.97 Å². The summed E-state index contributed by atoms with van der Waals surface area (Å²) in [6, 6.07) is 0.429. The first kappa shape index (κ1) is 12.4. The second-order valence-corrected chi connectivity index (χ2v) is 3.54. The van der Waals surface area contributed by atoms with E-state index in [1.54, 1.807) is 0 Å². The van der Waals surface area contributed by atoms with Gasteiger partial charge in [0.15, 0.2) is 0 Å². The summed E-state index contributed by atoms with van der Waals surface area (Å²) in [6.45, 7) is 6.72. The van der Waals surface area contributed by atoms with Gasteiger partial charge in [-0.15, -0.1) is 0 Å². The molecule has 0 aromatic rings. The molecule has 13 heavy (non-hydrogen) atoms. The lowest BCUT2D eigenvalue weighted by Crippen LogP contribution is -2.34. The quantitative estimate of drug-likeness (QED) is 0.639. The topological polar surface area (TPSA) is 49.3 Å². The molecule has 0 amide bonds. The van der Waals surface area contributed by atoms with Crippen molar-refractivity contribution in [2.24, 2.45) is 5.92 Å². The average Bonchev–Trinajstić information content (AvgIpc) is 2.05. The summed E-state index contributed by atoms with van der Waals surface area (Å²) < 4.78 is 0. The zero-order valence-corrected chi connectivity index (χ0v) is 8.84. The number of rotatable bonds is 7. The Bertz CT molecular complexity index is 148. The smallest absolute Gasteiger partial charge is 0.307 e. The zero-order valence-electron chi connectivity index (χ0n) is 8.84. The Morgan fingerprint density at radius 1 is 1.46 bits per heavy atom. The third kappa shape index (κ3) is 5.64. The number of hydrogen-bond acceptors (Lipinski definition) is 2. The largest absolute Gasteiger partial charge is 0.481 e. The van der Waals surface area contributed by atoms with Gasteiger partial charge in [0.05, 0.1) is 5.92 Å². The second-order valence-electron chi connectivity index (χ2n) is 3.54. The first-order valence-electron chi connectivity index (χ1n) is 5.07. The predicted molar refractivity (Wildman–Crippen MR) is 53.8 cm³/mol. The Labute approximate surface area is 80.5 Å². The lowest BCUT2D eigenvalue weighted by molar-refractivity contribution is -0.141.